The standard InChI is InChI=1S/C17H16F3IN4O3/c1-9-6-13(17(18,19)20)25-14(22-9)7-12(24-25)16(27)28-8-15(26)23-11-4-2-10(21)3-5-11/h2-5,7,9,13,22H,6,8H2,1H3,(H,23,26)/t9-,13-/m0/s1. The molecule has 1 aliphatic rings. The van der Waals surface area contributed by atoms with E-state index in [4.69, 9.17) is 4.74 Å². The molecule has 0 bridgehead atoms. The summed E-state index contributed by atoms with van der Waals surface area (Å²) < 4.78 is 46.3. The van der Waals surface area contributed by atoms with Gasteiger partial charge in [0.2, 0.25) is 0 Å². The Balaban J connectivity index is 1.64. The number of hydrogen-bond acceptors (Lipinski definition) is 5. The lowest BCUT2D eigenvalue weighted by Gasteiger charge is -2.31. The number of halogens is 4. The predicted octanol–water partition coefficient (Wildman–Crippen LogP) is 3.59. The summed E-state index contributed by atoms with van der Waals surface area (Å²) in [6.45, 7) is 1.03. The van der Waals surface area contributed by atoms with Crippen LogP contribution in [0.1, 0.15) is 29.9 Å². The molecule has 7 nitrogen and oxygen atoms in total. The molecule has 2 heterocycles. The van der Waals surface area contributed by atoms with Crippen molar-refractivity contribution in [2.24, 2.45) is 0 Å². The number of esters is 1. The van der Waals surface area contributed by atoms with Crippen molar-refractivity contribution >= 4 is 46.0 Å². The van der Waals surface area contributed by atoms with Gasteiger partial charge < -0.3 is 15.4 Å². The molecule has 1 aliphatic heterocycles. The Morgan fingerprint density at radius 3 is 2.68 bits per heavy atom. The van der Waals surface area contributed by atoms with Gasteiger partial charge in [-0.05, 0) is 60.2 Å². The minimum atomic E-state index is -4.49. The third kappa shape index (κ3) is 4.75. The van der Waals surface area contributed by atoms with Gasteiger partial charge in [0.25, 0.3) is 5.91 Å². The quantitative estimate of drug-likeness (QED) is 0.488. The molecule has 2 N–H and O–H groups in total. The fourth-order valence-corrected chi connectivity index (χ4v) is 3.15. The molecule has 0 saturated heterocycles. The number of amides is 1. The summed E-state index contributed by atoms with van der Waals surface area (Å²) in [4.78, 5) is 24.0. The van der Waals surface area contributed by atoms with Gasteiger partial charge >= 0.3 is 12.1 Å². The van der Waals surface area contributed by atoms with Crippen LogP contribution in [-0.4, -0.2) is 40.5 Å². The van der Waals surface area contributed by atoms with Gasteiger partial charge in [0.1, 0.15) is 5.82 Å². The number of hydrogen-bond donors (Lipinski definition) is 2. The maximum absolute atomic E-state index is 13.2. The highest BCUT2D eigenvalue weighted by Crippen LogP contribution is 2.39. The van der Waals surface area contributed by atoms with Crippen LogP contribution < -0.4 is 10.6 Å². The van der Waals surface area contributed by atoms with Crippen LogP contribution in [0.5, 0.6) is 0 Å². The highest BCUT2D eigenvalue weighted by molar-refractivity contribution is 14.1. The van der Waals surface area contributed by atoms with Gasteiger partial charge in [-0.25, -0.2) is 9.48 Å². The Hall–Kier alpha value is -2.31. The number of carbonyl (C=O) groups excluding carboxylic acids is 2. The largest absolute Gasteiger partial charge is 0.451 e. The number of alkyl halides is 3. The summed E-state index contributed by atoms with van der Waals surface area (Å²) in [5.74, 6) is -1.47. The van der Waals surface area contributed by atoms with Crippen molar-refractivity contribution in [3.8, 4) is 0 Å². The monoisotopic (exact) mass is 508 g/mol. The lowest BCUT2D eigenvalue weighted by molar-refractivity contribution is -0.173. The molecular formula is C17H16F3IN4O3. The Bertz CT molecular complexity index is 883. The van der Waals surface area contributed by atoms with E-state index in [0.29, 0.717) is 5.69 Å². The molecule has 1 aromatic carbocycles. The number of aromatic nitrogens is 2. The molecule has 28 heavy (non-hydrogen) atoms. The first-order valence-corrected chi connectivity index (χ1v) is 9.36. The highest BCUT2D eigenvalue weighted by Gasteiger charge is 2.45. The topological polar surface area (TPSA) is 85.2 Å². The number of ether oxygens (including phenoxy) is 1. The molecule has 0 radical (unpaired) electrons. The van der Waals surface area contributed by atoms with Crippen molar-refractivity contribution in [1.29, 1.82) is 0 Å². The molecular weight excluding hydrogens is 492 g/mol. The van der Waals surface area contributed by atoms with Gasteiger partial charge in [-0.3, -0.25) is 4.79 Å². The second kappa shape index (κ2) is 7.97. The Kier molecular flexibility index (Phi) is 5.82. The molecule has 1 amide bonds. The summed E-state index contributed by atoms with van der Waals surface area (Å²) in [6, 6.07) is 5.90. The predicted molar refractivity (Wildman–Crippen MR) is 103 cm³/mol. The van der Waals surface area contributed by atoms with Crippen LogP contribution in [-0.2, 0) is 9.53 Å². The number of benzene rings is 1. The van der Waals surface area contributed by atoms with E-state index >= 15 is 0 Å². The normalized spacial score (nSPS) is 18.8. The molecule has 2 atom stereocenters. The lowest BCUT2D eigenvalue weighted by atomic mass is 10.1. The third-order valence-electron chi connectivity index (χ3n) is 4.05. The smallest absolute Gasteiger partial charge is 0.410 e. The Labute approximate surface area is 171 Å². The van der Waals surface area contributed by atoms with Gasteiger partial charge in [0, 0.05) is 21.4 Å². The summed E-state index contributed by atoms with van der Waals surface area (Å²) in [7, 11) is 0. The van der Waals surface area contributed by atoms with Crippen LogP contribution in [0.15, 0.2) is 30.3 Å². The SMILES string of the molecule is C[C@H]1C[C@@H](C(F)(F)F)n2nc(C(=O)OCC(=O)Nc3ccc(I)cc3)cc2N1. The van der Waals surface area contributed by atoms with Crippen LogP contribution in [0, 0.1) is 3.57 Å². The average molecular weight is 508 g/mol. The van der Waals surface area contributed by atoms with E-state index in [9.17, 15) is 22.8 Å². The number of rotatable bonds is 4. The average Bonchev–Trinajstić information content (AvgIpc) is 3.04. The number of fused-ring (bicyclic) bond motifs is 1. The van der Waals surface area contributed by atoms with E-state index in [0.717, 1.165) is 8.25 Å². The fraction of sp³-hybridized carbons (Fsp3) is 0.353. The zero-order valence-corrected chi connectivity index (χ0v) is 16.7. The second-order valence-electron chi connectivity index (χ2n) is 6.33. The molecule has 0 saturated carbocycles. The molecule has 11 heteroatoms. The van der Waals surface area contributed by atoms with E-state index < -0.39 is 36.7 Å². The van der Waals surface area contributed by atoms with Crippen LogP contribution >= 0.6 is 22.6 Å². The van der Waals surface area contributed by atoms with Gasteiger partial charge in [0.15, 0.2) is 18.3 Å². The van der Waals surface area contributed by atoms with Crippen molar-refractivity contribution in [2.45, 2.75) is 31.6 Å². The highest BCUT2D eigenvalue weighted by atomic mass is 127. The minimum absolute atomic E-state index is 0.0800. The van der Waals surface area contributed by atoms with Gasteiger partial charge in [-0.2, -0.15) is 18.3 Å². The summed E-state index contributed by atoms with van der Waals surface area (Å²) in [5, 5.41) is 9.14. The van der Waals surface area contributed by atoms with Crippen LogP contribution in [0.4, 0.5) is 24.7 Å². The zero-order valence-electron chi connectivity index (χ0n) is 14.6. The number of anilines is 2. The first-order valence-electron chi connectivity index (χ1n) is 8.29. The van der Waals surface area contributed by atoms with Gasteiger partial charge in [-0.1, -0.05) is 0 Å². The Morgan fingerprint density at radius 2 is 2.04 bits per heavy atom. The number of nitrogens with one attached hydrogen (secondary N) is 2. The van der Waals surface area contributed by atoms with E-state index in [-0.39, 0.29) is 17.9 Å². The van der Waals surface area contributed by atoms with E-state index in [1.54, 1.807) is 31.2 Å². The summed E-state index contributed by atoms with van der Waals surface area (Å²) in [6.07, 6.45) is -4.70. The van der Waals surface area contributed by atoms with E-state index in [1.165, 1.54) is 6.07 Å². The summed E-state index contributed by atoms with van der Waals surface area (Å²) >= 11 is 2.12. The summed E-state index contributed by atoms with van der Waals surface area (Å²) in [5.41, 5.74) is 0.234. The number of nitrogens with zero attached hydrogens (tertiary/aromatic N) is 2. The second-order valence-corrected chi connectivity index (χ2v) is 7.57. The first kappa shape index (κ1) is 20.4. The zero-order chi connectivity index (χ0) is 20.5. The van der Waals surface area contributed by atoms with E-state index in [1.807, 2.05) is 0 Å². The third-order valence-corrected chi connectivity index (χ3v) is 4.77. The lowest BCUT2D eigenvalue weighted by Crippen LogP contribution is -2.37. The van der Waals surface area contributed by atoms with Crippen molar-refractivity contribution in [3.05, 3.63) is 39.6 Å². The molecule has 0 unspecified atom stereocenters. The molecule has 1 aromatic heterocycles. The van der Waals surface area contributed by atoms with Crippen molar-refractivity contribution in [3.63, 3.8) is 0 Å². The van der Waals surface area contributed by atoms with Gasteiger partial charge in [0.05, 0.1) is 0 Å². The molecule has 0 spiro atoms. The van der Waals surface area contributed by atoms with Crippen molar-refractivity contribution in [2.75, 3.05) is 17.2 Å². The van der Waals surface area contributed by atoms with Crippen molar-refractivity contribution < 1.29 is 27.5 Å². The molecule has 2 aromatic rings. The molecule has 0 fully saturated rings. The first-order chi connectivity index (χ1) is 13.1. The minimum Gasteiger partial charge on any atom is -0.451 e. The number of carbonyl (C=O) groups is 2. The van der Waals surface area contributed by atoms with Crippen LogP contribution in [0.3, 0.4) is 0 Å². The van der Waals surface area contributed by atoms with E-state index in [2.05, 4.69) is 38.3 Å². The van der Waals surface area contributed by atoms with Crippen LogP contribution in [0.25, 0.3) is 0 Å². The maximum atomic E-state index is 13.2. The Morgan fingerprint density at radius 1 is 1.36 bits per heavy atom. The maximum Gasteiger partial charge on any atom is 0.410 e. The molecule has 0 aliphatic carbocycles. The van der Waals surface area contributed by atoms with Crippen molar-refractivity contribution in [1.82, 2.24) is 9.78 Å². The molecule has 3 rings (SSSR count). The molecule has 150 valence electrons. The van der Waals surface area contributed by atoms with Gasteiger partial charge in [-0.15, -0.1) is 0 Å². The van der Waals surface area contributed by atoms with Crippen LogP contribution in [0.2, 0.25) is 0 Å². The fourth-order valence-electron chi connectivity index (χ4n) is 2.79.